The van der Waals surface area contributed by atoms with Gasteiger partial charge in [-0.15, -0.1) is 22.9 Å². The highest BCUT2D eigenvalue weighted by Crippen LogP contribution is 2.25. The minimum Gasteiger partial charge on any atom is -0.335 e. The molecule has 0 aliphatic heterocycles. The summed E-state index contributed by atoms with van der Waals surface area (Å²) >= 11 is 10.5. The van der Waals surface area contributed by atoms with E-state index in [9.17, 15) is 4.79 Å². The van der Waals surface area contributed by atoms with Crippen LogP contribution in [0.1, 0.15) is 29.9 Å². The van der Waals surface area contributed by atoms with Gasteiger partial charge in [-0.3, -0.25) is 4.79 Å². The summed E-state index contributed by atoms with van der Waals surface area (Å²) in [6.45, 7) is 4.76. The van der Waals surface area contributed by atoms with Gasteiger partial charge >= 0.3 is 0 Å². The van der Waals surface area contributed by atoms with Crippen molar-refractivity contribution in [2.45, 2.75) is 26.3 Å². The molecule has 0 bridgehead atoms. The lowest BCUT2D eigenvalue weighted by Gasteiger charge is -2.26. The first-order chi connectivity index (χ1) is 7.57. The molecule has 0 radical (unpaired) electrons. The summed E-state index contributed by atoms with van der Waals surface area (Å²) in [5.41, 5.74) is 0. The minimum atomic E-state index is 0.0852. The Morgan fingerprint density at radius 2 is 2.31 bits per heavy atom. The fourth-order valence-corrected chi connectivity index (χ4v) is 3.02. The Morgan fingerprint density at radius 1 is 1.62 bits per heavy atom. The van der Waals surface area contributed by atoms with Gasteiger partial charge in [0.2, 0.25) is 0 Å². The third kappa shape index (κ3) is 3.47. The van der Waals surface area contributed by atoms with E-state index in [1.807, 2.05) is 30.2 Å². The second kappa shape index (κ2) is 6.62. The third-order valence-electron chi connectivity index (χ3n) is 2.23. The summed E-state index contributed by atoms with van der Waals surface area (Å²) in [4.78, 5) is 14.9. The van der Waals surface area contributed by atoms with E-state index in [1.165, 1.54) is 11.3 Å². The maximum atomic E-state index is 12.2. The van der Waals surface area contributed by atoms with Crippen molar-refractivity contribution in [3.05, 3.63) is 20.8 Å². The van der Waals surface area contributed by atoms with Crippen LogP contribution >= 0.6 is 38.9 Å². The highest BCUT2D eigenvalue weighted by molar-refractivity contribution is 9.10. The highest BCUT2D eigenvalue weighted by Gasteiger charge is 2.21. The molecule has 5 heteroatoms. The summed E-state index contributed by atoms with van der Waals surface area (Å²) in [6, 6.07) is 2.10. The standard InChI is InChI=1S/C11H15BrClNOS/c1-8(2)14(6-3-5-13)11(15)10-9(12)4-7-16-10/h4,7-8H,3,5-6H2,1-2H3. The zero-order valence-electron chi connectivity index (χ0n) is 9.37. The molecule has 1 amide bonds. The van der Waals surface area contributed by atoms with Gasteiger partial charge in [-0.1, -0.05) is 0 Å². The molecular formula is C11H15BrClNOS. The van der Waals surface area contributed by atoms with E-state index in [-0.39, 0.29) is 11.9 Å². The number of hydrogen-bond donors (Lipinski definition) is 0. The van der Waals surface area contributed by atoms with Crippen LogP contribution in [-0.2, 0) is 0 Å². The summed E-state index contributed by atoms with van der Waals surface area (Å²) < 4.78 is 0.874. The van der Waals surface area contributed by atoms with Crippen molar-refractivity contribution in [2.75, 3.05) is 12.4 Å². The van der Waals surface area contributed by atoms with E-state index in [2.05, 4.69) is 15.9 Å². The number of amides is 1. The predicted molar refractivity (Wildman–Crippen MR) is 73.5 cm³/mol. The maximum absolute atomic E-state index is 12.2. The van der Waals surface area contributed by atoms with Gasteiger partial charge < -0.3 is 4.90 Å². The first-order valence-corrected chi connectivity index (χ1v) is 7.38. The molecule has 2 nitrogen and oxygen atoms in total. The van der Waals surface area contributed by atoms with Gasteiger partial charge in [-0.25, -0.2) is 0 Å². The fourth-order valence-electron chi connectivity index (χ4n) is 1.40. The lowest BCUT2D eigenvalue weighted by Crippen LogP contribution is -2.37. The topological polar surface area (TPSA) is 20.3 Å². The maximum Gasteiger partial charge on any atom is 0.265 e. The Bertz CT molecular complexity index is 354. The Balaban J connectivity index is 2.79. The number of alkyl halides is 1. The monoisotopic (exact) mass is 323 g/mol. The summed E-state index contributed by atoms with van der Waals surface area (Å²) in [6.07, 6.45) is 0.828. The van der Waals surface area contributed by atoms with E-state index >= 15 is 0 Å². The number of carbonyl (C=O) groups excluding carboxylic acids is 1. The van der Waals surface area contributed by atoms with Crippen molar-refractivity contribution in [1.82, 2.24) is 4.90 Å². The molecule has 1 aromatic heterocycles. The first-order valence-electron chi connectivity index (χ1n) is 5.17. The molecule has 0 aromatic carbocycles. The summed E-state index contributed by atoms with van der Waals surface area (Å²) in [5.74, 6) is 0.671. The Hall–Kier alpha value is -0.0600. The number of halogens is 2. The van der Waals surface area contributed by atoms with Gasteiger partial charge in [0.1, 0.15) is 4.88 Å². The van der Waals surface area contributed by atoms with Crippen molar-refractivity contribution in [2.24, 2.45) is 0 Å². The highest BCUT2D eigenvalue weighted by atomic mass is 79.9. The molecular weight excluding hydrogens is 310 g/mol. The molecule has 0 saturated carbocycles. The van der Waals surface area contributed by atoms with E-state index in [1.54, 1.807) is 0 Å². The van der Waals surface area contributed by atoms with Crippen LogP contribution in [0, 0.1) is 0 Å². The first kappa shape index (κ1) is 14.0. The van der Waals surface area contributed by atoms with Crippen LogP contribution < -0.4 is 0 Å². The number of hydrogen-bond acceptors (Lipinski definition) is 2. The largest absolute Gasteiger partial charge is 0.335 e. The molecule has 1 aromatic rings. The summed E-state index contributed by atoms with van der Waals surface area (Å²) in [7, 11) is 0. The van der Waals surface area contributed by atoms with Crippen molar-refractivity contribution < 1.29 is 4.79 Å². The molecule has 1 heterocycles. The average molecular weight is 325 g/mol. The van der Waals surface area contributed by atoms with Crippen molar-refractivity contribution in [3.63, 3.8) is 0 Å². The molecule has 90 valence electrons. The van der Waals surface area contributed by atoms with Crippen LogP contribution in [0.5, 0.6) is 0 Å². The number of nitrogens with zero attached hydrogens (tertiary/aromatic N) is 1. The number of thiophene rings is 1. The van der Waals surface area contributed by atoms with Crippen molar-refractivity contribution >= 4 is 44.8 Å². The van der Waals surface area contributed by atoms with E-state index < -0.39 is 0 Å². The van der Waals surface area contributed by atoms with Gasteiger partial charge in [-0.05, 0) is 47.6 Å². The molecule has 0 aliphatic rings. The molecule has 1 rings (SSSR count). The zero-order valence-corrected chi connectivity index (χ0v) is 12.5. The Morgan fingerprint density at radius 3 is 2.75 bits per heavy atom. The molecule has 0 N–H and O–H groups in total. The fraction of sp³-hybridized carbons (Fsp3) is 0.545. The molecule has 0 fully saturated rings. The molecule has 0 saturated heterocycles. The molecule has 0 aliphatic carbocycles. The van der Waals surface area contributed by atoms with E-state index in [0.717, 1.165) is 15.8 Å². The second-order valence-corrected chi connectivity index (χ2v) is 5.88. The van der Waals surface area contributed by atoms with Gasteiger partial charge in [-0.2, -0.15) is 0 Å². The smallest absolute Gasteiger partial charge is 0.265 e. The predicted octanol–water partition coefficient (Wildman–Crippen LogP) is 3.99. The molecule has 16 heavy (non-hydrogen) atoms. The normalized spacial score (nSPS) is 10.8. The van der Waals surface area contributed by atoms with Crippen molar-refractivity contribution in [1.29, 1.82) is 0 Å². The Kier molecular flexibility index (Phi) is 5.79. The van der Waals surface area contributed by atoms with Crippen LogP contribution in [0.4, 0.5) is 0 Å². The molecule has 0 atom stereocenters. The zero-order chi connectivity index (χ0) is 12.1. The van der Waals surface area contributed by atoms with Gasteiger partial charge in [0.15, 0.2) is 0 Å². The van der Waals surface area contributed by atoms with Crippen LogP contribution in [0.3, 0.4) is 0 Å². The number of rotatable bonds is 5. The van der Waals surface area contributed by atoms with Gasteiger partial charge in [0.05, 0.1) is 0 Å². The van der Waals surface area contributed by atoms with E-state index in [4.69, 9.17) is 11.6 Å². The van der Waals surface area contributed by atoms with Crippen LogP contribution in [0.15, 0.2) is 15.9 Å². The molecule has 0 spiro atoms. The van der Waals surface area contributed by atoms with E-state index in [0.29, 0.717) is 12.4 Å². The number of carbonyl (C=O) groups is 1. The van der Waals surface area contributed by atoms with Crippen LogP contribution in [0.25, 0.3) is 0 Å². The SMILES string of the molecule is CC(C)N(CCCCl)C(=O)c1sccc1Br. The van der Waals surface area contributed by atoms with Crippen LogP contribution in [-0.4, -0.2) is 29.3 Å². The van der Waals surface area contributed by atoms with Gasteiger partial charge in [0, 0.05) is 22.9 Å². The average Bonchev–Trinajstić information content (AvgIpc) is 2.64. The third-order valence-corrected chi connectivity index (χ3v) is 4.32. The lowest BCUT2D eigenvalue weighted by atomic mass is 10.2. The van der Waals surface area contributed by atoms with Crippen LogP contribution in [0.2, 0.25) is 0 Å². The summed E-state index contributed by atoms with van der Waals surface area (Å²) in [5, 5.41) is 1.91. The minimum absolute atomic E-state index is 0.0852. The van der Waals surface area contributed by atoms with Gasteiger partial charge in [0.25, 0.3) is 5.91 Å². The van der Waals surface area contributed by atoms with Crippen molar-refractivity contribution in [3.8, 4) is 0 Å². The molecule has 0 unspecified atom stereocenters. The Labute approximate surface area is 114 Å². The quantitative estimate of drug-likeness (QED) is 0.750. The lowest BCUT2D eigenvalue weighted by molar-refractivity contribution is 0.0710. The second-order valence-electron chi connectivity index (χ2n) is 3.73.